The van der Waals surface area contributed by atoms with Gasteiger partial charge in [0.15, 0.2) is 11.5 Å². The monoisotopic (exact) mass is 568 g/mol. The number of ether oxygens (including phenoxy) is 2. The van der Waals surface area contributed by atoms with E-state index >= 15 is 0 Å². The Morgan fingerprint density at radius 3 is 2.65 bits per heavy atom. The molecule has 8 heteroatoms. The van der Waals surface area contributed by atoms with Crippen LogP contribution in [0.4, 0.5) is 0 Å². The summed E-state index contributed by atoms with van der Waals surface area (Å²) in [5.41, 5.74) is 5.76. The maximum atomic E-state index is 12.3. The normalized spacial score (nSPS) is 10.9. The van der Waals surface area contributed by atoms with Crippen molar-refractivity contribution in [1.82, 2.24) is 5.43 Å². The Morgan fingerprint density at radius 1 is 1.16 bits per heavy atom. The molecular formula is C23H19Cl2IN2O3. The predicted octanol–water partition coefficient (Wildman–Crippen LogP) is 6.26. The molecule has 0 saturated heterocycles. The van der Waals surface area contributed by atoms with E-state index in [0.29, 0.717) is 23.1 Å². The molecule has 0 fully saturated rings. The second kappa shape index (κ2) is 10.8. The number of halogens is 3. The van der Waals surface area contributed by atoms with Crippen LogP contribution in [0.2, 0.25) is 10.0 Å². The Balaban J connectivity index is 1.71. The summed E-state index contributed by atoms with van der Waals surface area (Å²) < 4.78 is 12.4. The van der Waals surface area contributed by atoms with Crippen LogP contribution >= 0.6 is 45.8 Å². The highest BCUT2D eigenvalue weighted by atomic mass is 127. The molecule has 0 aliphatic rings. The van der Waals surface area contributed by atoms with Crippen LogP contribution in [-0.2, 0) is 6.61 Å². The fourth-order valence-electron chi connectivity index (χ4n) is 2.78. The quantitative estimate of drug-likeness (QED) is 0.208. The average Bonchev–Trinajstić information content (AvgIpc) is 2.73. The van der Waals surface area contributed by atoms with E-state index in [0.717, 1.165) is 20.3 Å². The third-order valence-electron chi connectivity index (χ3n) is 4.44. The molecule has 160 valence electrons. The number of nitrogens with zero attached hydrogens (tertiary/aromatic N) is 1. The summed E-state index contributed by atoms with van der Waals surface area (Å²) in [6.45, 7) is 2.48. The standard InChI is InChI=1S/C23H19Cl2IN2O3/c1-14-5-3-4-6-16(14)13-31-22-20(26)9-15(10-21(22)30-2)12-27-28-23(29)18-8-7-17(24)11-19(18)25/h3-12H,13H2,1-2H3,(H,28,29)/b27-12-. The van der Waals surface area contributed by atoms with Crippen molar-refractivity contribution >= 4 is 57.9 Å². The first-order chi connectivity index (χ1) is 14.9. The second-order valence-electron chi connectivity index (χ2n) is 6.57. The van der Waals surface area contributed by atoms with Gasteiger partial charge in [0.05, 0.1) is 27.5 Å². The van der Waals surface area contributed by atoms with Gasteiger partial charge in [-0.3, -0.25) is 4.79 Å². The first kappa shape index (κ1) is 23.4. The van der Waals surface area contributed by atoms with E-state index in [4.69, 9.17) is 32.7 Å². The molecular weight excluding hydrogens is 550 g/mol. The van der Waals surface area contributed by atoms with Crippen molar-refractivity contribution in [3.63, 3.8) is 0 Å². The molecule has 3 aromatic rings. The molecule has 0 spiro atoms. The van der Waals surface area contributed by atoms with Crippen molar-refractivity contribution < 1.29 is 14.3 Å². The number of carbonyl (C=O) groups is 1. The van der Waals surface area contributed by atoms with Gasteiger partial charge < -0.3 is 9.47 Å². The molecule has 5 nitrogen and oxygen atoms in total. The van der Waals surface area contributed by atoms with Crippen LogP contribution in [0.5, 0.6) is 11.5 Å². The zero-order valence-corrected chi connectivity index (χ0v) is 20.5. The van der Waals surface area contributed by atoms with E-state index in [1.807, 2.05) is 37.3 Å². The lowest BCUT2D eigenvalue weighted by Crippen LogP contribution is -2.18. The van der Waals surface area contributed by atoms with Crippen molar-refractivity contribution in [3.8, 4) is 11.5 Å². The zero-order chi connectivity index (χ0) is 22.4. The minimum absolute atomic E-state index is 0.256. The highest BCUT2D eigenvalue weighted by Crippen LogP contribution is 2.34. The lowest BCUT2D eigenvalue weighted by atomic mass is 10.1. The van der Waals surface area contributed by atoms with E-state index in [2.05, 4.69) is 33.1 Å². The second-order valence-corrected chi connectivity index (χ2v) is 8.58. The Hall–Kier alpha value is -2.29. The van der Waals surface area contributed by atoms with Gasteiger partial charge in [0.2, 0.25) is 0 Å². The van der Waals surface area contributed by atoms with Crippen molar-refractivity contribution in [2.75, 3.05) is 7.11 Å². The number of amides is 1. The smallest absolute Gasteiger partial charge is 0.272 e. The Labute approximate surface area is 204 Å². The fraction of sp³-hybridized carbons (Fsp3) is 0.130. The van der Waals surface area contributed by atoms with Crippen LogP contribution in [0, 0.1) is 10.5 Å². The van der Waals surface area contributed by atoms with Crippen LogP contribution < -0.4 is 14.9 Å². The number of carbonyl (C=O) groups excluding carboxylic acids is 1. The highest BCUT2D eigenvalue weighted by Gasteiger charge is 2.13. The van der Waals surface area contributed by atoms with E-state index < -0.39 is 5.91 Å². The first-order valence-corrected chi connectivity index (χ1v) is 11.1. The lowest BCUT2D eigenvalue weighted by Gasteiger charge is -2.14. The molecule has 3 rings (SSSR count). The molecule has 0 radical (unpaired) electrons. The van der Waals surface area contributed by atoms with Gasteiger partial charge in [0, 0.05) is 5.02 Å². The van der Waals surface area contributed by atoms with Crippen LogP contribution in [0.1, 0.15) is 27.0 Å². The third-order valence-corrected chi connectivity index (χ3v) is 5.79. The van der Waals surface area contributed by atoms with E-state index in [-0.39, 0.29) is 10.6 Å². The molecule has 0 heterocycles. The Bertz CT molecular complexity index is 1140. The molecule has 0 aliphatic carbocycles. The fourth-order valence-corrected chi connectivity index (χ4v) is 4.05. The number of hydrazone groups is 1. The van der Waals surface area contributed by atoms with E-state index in [1.165, 1.54) is 12.3 Å². The number of aryl methyl sites for hydroxylation is 1. The number of nitrogens with one attached hydrogen (secondary N) is 1. The summed E-state index contributed by atoms with van der Waals surface area (Å²) in [4.78, 5) is 12.3. The minimum Gasteiger partial charge on any atom is -0.493 e. The molecule has 1 N–H and O–H groups in total. The summed E-state index contributed by atoms with van der Waals surface area (Å²) in [5, 5.41) is 4.73. The van der Waals surface area contributed by atoms with Crippen LogP contribution in [-0.4, -0.2) is 19.2 Å². The average molecular weight is 569 g/mol. The Kier molecular flexibility index (Phi) is 8.17. The van der Waals surface area contributed by atoms with E-state index in [9.17, 15) is 4.79 Å². The number of methoxy groups -OCH3 is 1. The highest BCUT2D eigenvalue weighted by molar-refractivity contribution is 14.1. The Morgan fingerprint density at radius 2 is 1.94 bits per heavy atom. The lowest BCUT2D eigenvalue weighted by molar-refractivity contribution is 0.0955. The minimum atomic E-state index is -0.433. The van der Waals surface area contributed by atoms with Crippen LogP contribution in [0.3, 0.4) is 0 Å². The number of hydrogen-bond acceptors (Lipinski definition) is 4. The topological polar surface area (TPSA) is 59.9 Å². The van der Waals surface area contributed by atoms with Gasteiger partial charge in [-0.2, -0.15) is 5.10 Å². The summed E-state index contributed by atoms with van der Waals surface area (Å²) >= 11 is 14.1. The van der Waals surface area contributed by atoms with Crippen LogP contribution in [0.15, 0.2) is 59.7 Å². The van der Waals surface area contributed by atoms with Gasteiger partial charge in [0.25, 0.3) is 5.91 Å². The van der Waals surface area contributed by atoms with Crippen molar-refractivity contribution in [2.24, 2.45) is 5.10 Å². The van der Waals surface area contributed by atoms with Gasteiger partial charge in [-0.1, -0.05) is 47.5 Å². The molecule has 0 atom stereocenters. The largest absolute Gasteiger partial charge is 0.493 e. The number of rotatable bonds is 7. The van der Waals surface area contributed by atoms with E-state index in [1.54, 1.807) is 25.3 Å². The number of benzene rings is 3. The first-order valence-electron chi connectivity index (χ1n) is 9.22. The third kappa shape index (κ3) is 6.12. The van der Waals surface area contributed by atoms with Gasteiger partial charge in [0.1, 0.15) is 6.61 Å². The van der Waals surface area contributed by atoms with Gasteiger partial charge >= 0.3 is 0 Å². The molecule has 3 aromatic carbocycles. The van der Waals surface area contributed by atoms with Crippen molar-refractivity contribution in [3.05, 3.63) is 90.5 Å². The molecule has 0 saturated carbocycles. The summed E-state index contributed by atoms with van der Waals surface area (Å²) in [6, 6.07) is 16.4. The molecule has 0 aromatic heterocycles. The molecule has 0 unspecified atom stereocenters. The predicted molar refractivity (Wildman–Crippen MR) is 133 cm³/mol. The zero-order valence-electron chi connectivity index (χ0n) is 16.8. The summed E-state index contributed by atoms with van der Waals surface area (Å²) in [7, 11) is 1.58. The van der Waals surface area contributed by atoms with Gasteiger partial charge in [-0.15, -0.1) is 0 Å². The molecule has 0 aliphatic heterocycles. The van der Waals surface area contributed by atoms with Crippen molar-refractivity contribution in [1.29, 1.82) is 0 Å². The molecule has 1 amide bonds. The van der Waals surface area contributed by atoms with Gasteiger partial charge in [-0.25, -0.2) is 5.43 Å². The summed E-state index contributed by atoms with van der Waals surface area (Å²) in [6.07, 6.45) is 1.53. The SMILES string of the molecule is COc1cc(/C=N\NC(=O)c2ccc(Cl)cc2Cl)cc(I)c1OCc1ccccc1C. The van der Waals surface area contributed by atoms with Crippen LogP contribution in [0.25, 0.3) is 0 Å². The number of hydrogen-bond donors (Lipinski definition) is 1. The maximum Gasteiger partial charge on any atom is 0.272 e. The maximum absolute atomic E-state index is 12.3. The molecule has 0 bridgehead atoms. The molecule has 31 heavy (non-hydrogen) atoms. The van der Waals surface area contributed by atoms with Crippen molar-refractivity contribution in [2.45, 2.75) is 13.5 Å². The van der Waals surface area contributed by atoms with Gasteiger partial charge in [-0.05, 0) is 76.5 Å². The summed E-state index contributed by atoms with van der Waals surface area (Å²) in [5.74, 6) is 0.798.